The molecule has 1 N–H and O–H groups in total. The van der Waals surface area contributed by atoms with E-state index in [9.17, 15) is 0 Å². The molecule has 0 aliphatic rings. The van der Waals surface area contributed by atoms with E-state index in [1.807, 2.05) is 49.5 Å². The lowest BCUT2D eigenvalue weighted by molar-refractivity contribution is 1.39. The molecular formula is C16H13ClN2. The van der Waals surface area contributed by atoms with Crippen molar-refractivity contribution in [3.63, 3.8) is 0 Å². The van der Waals surface area contributed by atoms with E-state index < -0.39 is 0 Å². The van der Waals surface area contributed by atoms with Crippen LogP contribution >= 0.6 is 11.6 Å². The van der Waals surface area contributed by atoms with Gasteiger partial charge in [0, 0.05) is 16.1 Å². The summed E-state index contributed by atoms with van der Waals surface area (Å²) in [6.07, 6.45) is 1.83. The highest BCUT2D eigenvalue weighted by Gasteiger charge is 2.00. The van der Waals surface area contributed by atoms with Crippen molar-refractivity contribution in [3.05, 3.63) is 65.3 Å². The number of fused-ring (bicyclic) bond motifs is 1. The van der Waals surface area contributed by atoms with Gasteiger partial charge in [-0.1, -0.05) is 35.9 Å². The molecule has 0 bridgehead atoms. The molecule has 0 aliphatic heterocycles. The van der Waals surface area contributed by atoms with Gasteiger partial charge in [0.2, 0.25) is 0 Å². The Labute approximate surface area is 117 Å². The highest BCUT2D eigenvalue weighted by Crippen LogP contribution is 2.24. The normalized spacial score (nSPS) is 10.6. The lowest BCUT2D eigenvalue weighted by Crippen LogP contribution is -1.92. The number of rotatable bonds is 2. The second-order valence-corrected chi connectivity index (χ2v) is 4.91. The van der Waals surface area contributed by atoms with E-state index in [1.54, 1.807) is 0 Å². The van der Waals surface area contributed by atoms with Gasteiger partial charge < -0.3 is 5.32 Å². The average molecular weight is 269 g/mol. The highest BCUT2D eigenvalue weighted by atomic mass is 35.5. The summed E-state index contributed by atoms with van der Waals surface area (Å²) in [6.45, 7) is 1.99. The minimum absolute atomic E-state index is 0.763. The molecule has 0 saturated carbocycles. The Morgan fingerprint density at radius 1 is 1.00 bits per heavy atom. The lowest BCUT2D eigenvalue weighted by Gasteiger charge is -2.08. The van der Waals surface area contributed by atoms with E-state index in [0.717, 1.165) is 32.9 Å². The van der Waals surface area contributed by atoms with Crippen LogP contribution in [0.4, 0.5) is 11.4 Å². The molecule has 0 aliphatic carbocycles. The summed E-state index contributed by atoms with van der Waals surface area (Å²) in [6, 6.07) is 16.1. The third-order valence-corrected chi connectivity index (χ3v) is 3.46. The van der Waals surface area contributed by atoms with Crippen LogP contribution in [0.5, 0.6) is 0 Å². The Hall–Kier alpha value is -2.06. The van der Waals surface area contributed by atoms with Crippen molar-refractivity contribution in [2.45, 2.75) is 6.92 Å². The van der Waals surface area contributed by atoms with Gasteiger partial charge in [0.15, 0.2) is 0 Å². The van der Waals surface area contributed by atoms with Crippen molar-refractivity contribution in [1.29, 1.82) is 0 Å². The molecule has 0 saturated heterocycles. The Morgan fingerprint density at radius 2 is 1.84 bits per heavy atom. The smallest absolute Gasteiger partial charge is 0.0703 e. The maximum absolute atomic E-state index is 6.12. The second kappa shape index (κ2) is 4.90. The summed E-state index contributed by atoms with van der Waals surface area (Å²) in [5.41, 5.74) is 3.99. The van der Waals surface area contributed by atoms with Crippen LogP contribution in [0.3, 0.4) is 0 Å². The van der Waals surface area contributed by atoms with Crippen LogP contribution in [-0.2, 0) is 0 Å². The molecule has 1 heterocycles. The molecule has 0 unspecified atom stereocenters. The zero-order chi connectivity index (χ0) is 13.2. The van der Waals surface area contributed by atoms with Crippen molar-refractivity contribution in [1.82, 2.24) is 4.98 Å². The van der Waals surface area contributed by atoms with Gasteiger partial charge in [-0.3, -0.25) is 4.98 Å². The predicted molar refractivity (Wildman–Crippen MR) is 81.2 cm³/mol. The van der Waals surface area contributed by atoms with Crippen molar-refractivity contribution >= 4 is 33.9 Å². The number of pyridine rings is 1. The maximum Gasteiger partial charge on any atom is 0.0703 e. The number of aryl methyl sites for hydroxylation is 1. The number of nitrogens with zero attached hydrogens (tertiary/aromatic N) is 1. The van der Waals surface area contributed by atoms with Gasteiger partial charge in [0.25, 0.3) is 0 Å². The molecule has 3 aromatic rings. The molecule has 0 amide bonds. The van der Waals surface area contributed by atoms with E-state index >= 15 is 0 Å². The fourth-order valence-electron chi connectivity index (χ4n) is 1.98. The van der Waals surface area contributed by atoms with E-state index in [2.05, 4.69) is 22.4 Å². The molecule has 0 spiro atoms. The van der Waals surface area contributed by atoms with Gasteiger partial charge in [0.1, 0.15) is 0 Å². The Morgan fingerprint density at radius 3 is 2.68 bits per heavy atom. The maximum atomic E-state index is 6.12. The zero-order valence-corrected chi connectivity index (χ0v) is 11.3. The van der Waals surface area contributed by atoms with Crippen molar-refractivity contribution in [2.75, 3.05) is 5.32 Å². The summed E-state index contributed by atoms with van der Waals surface area (Å²) in [4.78, 5) is 4.42. The number of hydrogen-bond donors (Lipinski definition) is 1. The number of benzene rings is 2. The Balaban J connectivity index is 1.94. The Kier molecular flexibility index (Phi) is 3.10. The lowest BCUT2D eigenvalue weighted by atomic mass is 10.2. The summed E-state index contributed by atoms with van der Waals surface area (Å²) < 4.78 is 0. The second-order valence-electron chi connectivity index (χ2n) is 4.51. The molecular weight excluding hydrogens is 256 g/mol. The van der Waals surface area contributed by atoms with E-state index in [-0.39, 0.29) is 0 Å². The molecule has 2 aromatic carbocycles. The van der Waals surface area contributed by atoms with Crippen LogP contribution in [0.2, 0.25) is 5.02 Å². The van der Waals surface area contributed by atoms with Crippen LogP contribution in [0, 0.1) is 6.92 Å². The van der Waals surface area contributed by atoms with Gasteiger partial charge in [-0.05, 0) is 36.8 Å². The number of anilines is 2. The first-order valence-electron chi connectivity index (χ1n) is 6.10. The largest absolute Gasteiger partial charge is 0.354 e. The van der Waals surface area contributed by atoms with Crippen LogP contribution in [0.1, 0.15) is 5.56 Å². The minimum Gasteiger partial charge on any atom is -0.354 e. The number of nitrogens with one attached hydrogen (secondary N) is 1. The molecule has 0 radical (unpaired) electrons. The van der Waals surface area contributed by atoms with Gasteiger partial charge >= 0.3 is 0 Å². The predicted octanol–water partition coefficient (Wildman–Crippen LogP) is 4.94. The van der Waals surface area contributed by atoms with E-state index in [1.165, 1.54) is 0 Å². The van der Waals surface area contributed by atoms with Gasteiger partial charge in [-0.2, -0.15) is 0 Å². The summed E-state index contributed by atoms with van der Waals surface area (Å²) in [5, 5.41) is 5.20. The number of halogens is 1. The fraction of sp³-hybridized carbons (Fsp3) is 0.0625. The molecule has 0 atom stereocenters. The number of para-hydroxylation sites is 1. The van der Waals surface area contributed by atoms with E-state index in [0.29, 0.717) is 0 Å². The van der Waals surface area contributed by atoms with Crippen LogP contribution < -0.4 is 5.32 Å². The van der Waals surface area contributed by atoms with Gasteiger partial charge in [-0.15, -0.1) is 0 Å². The highest BCUT2D eigenvalue weighted by molar-refractivity contribution is 6.31. The van der Waals surface area contributed by atoms with Gasteiger partial charge in [0.05, 0.1) is 17.4 Å². The Bertz CT molecular complexity index is 738. The molecule has 3 heteroatoms. The SMILES string of the molecule is Cc1ccc(Nc2cnc3ccccc3c2)cc1Cl. The number of aromatic nitrogens is 1. The van der Waals surface area contributed by atoms with Crippen molar-refractivity contribution < 1.29 is 0 Å². The topological polar surface area (TPSA) is 24.9 Å². The van der Waals surface area contributed by atoms with Crippen LogP contribution in [0.15, 0.2) is 54.7 Å². The summed E-state index contributed by atoms with van der Waals surface area (Å²) in [7, 11) is 0. The molecule has 19 heavy (non-hydrogen) atoms. The molecule has 2 nitrogen and oxygen atoms in total. The molecule has 0 fully saturated rings. The standard InChI is InChI=1S/C16H13ClN2/c1-11-6-7-13(9-15(11)17)19-14-8-12-4-2-3-5-16(12)18-10-14/h2-10,19H,1H3. The third-order valence-electron chi connectivity index (χ3n) is 3.05. The molecule has 3 rings (SSSR count). The fourth-order valence-corrected chi connectivity index (χ4v) is 2.16. The quantitative estimate of drug-likeness (QED) is 0.712. The third kappa shape index (κ3) is 2.54. The first-order valence-corrected chi connectivity index (χ1v) is 6.48. The van der Waals surface area contributed by atoms with Crippen molar-refractivity contribution in [2.24, 2.45) is 0 Å². The summed E-state index contributed by atoms with van der Waals surface area (Å²) in [5.74, 6) is 0. The molecule has 94 valence electrons. The monoisotopic (exact) mass is 268 g/mol. The van der Waals surface area contributed by atoms with Crippen molar-refractivity contribution in [3.8, 4) is 0 Å². The first kappa shape index (κ1) is 12.0. The number of hydrogen-bond acceptors (Lipinski definition) is 2. The molecule has 1 aromatic heterocycles. The zero-order valence-electron chi connectivity index (χ0n) is 10.5. The average Bonchev–Trinajstić information content (AvgIpc) is 2.43. The van der Waals surface area contributed by atoms with Crippen LogP contribution in [0.25, 0.3) is 10.9 Å². The summed E-state index contributed by atoms with van der Waals surface area (Å²) >= 11 is 6.12. The minimum atomic E-state index is 0.763. The van der Waals surface area contributed by atoms with E-state index in [4.69, 9.17) is 11.6 Å². The first-order chi connectivity index (χ1) is 9.22. The van der Waals surface area contributed by atoms with Crippen LogP contribution in [-0.4, -0.2) is 4.98 Å². The van der Waals surface area contributed by atoms with Gasteiger partial charge in [-0.25, -0.2) is 0 Å².